The number of carbonyl (C=O) groups is 1. The van der Waals surface area contributed by atoms with Gasteiger partial charge in [-0.2, -0.15) is 0 Å². The van der Waals surface area contributed by atoms with E-state index in [2.05, 4.69) is 31.4 Å². The lowest BCUT2D eigenvalue weighted by Crippen LogP contribution is -2.41. The summed E-state index contributed by atoms with van der Waals surface area (Å²) in [6.07, 6.45) is 0. The summed E-state index contributed by atoms with van der Waals surface area (Å²) in [6, 6.07) is 9.44. The fourth-order valence-electron chi connectivity index (χ4n) is 2.30. The van der Waals surface area contributed by atoms with Gasteiger partial charge in [0.1, 0.15) is 0 Å². The molecule has 0 aliphatic carbocycles. The molecule has 1 aliphatic heterocycles. The van der Waals surface area contributed by atoms with Crippen LogP contribution in [0.5, 0.6) is 0 Å². The first-order valence-corrected chi connectivity index (χ1v) is 8.17. The minimum Gasteiger partial charge on any atom is -0.378 e. The van der Waals surface area contributed by atoms with Crippen LogP contribution in [0.25, 0.3) is 0 Å². The molecular weight excluding hydrogens is 360 g/mol. The number of ether oxygens (including phenoxy) is 1. The van der Waals surface area contributed by atoms with E-state index >= 15 is 0 Å². The zero-order chi connectivity index (χ0) is 16.2. The summed E-state index contributed by atoms with van der Waals surface area (Å²) in [6.45, 7) is 4.36. The van der Waals surface area contributed by atoms with Crippen LogP contribution >= 0.6 is 15.9 Å². The summed E-state index contributed by atoms with van der Waals surface area (Å²) in [5, 5.41) is 11.3. The molecule has 0 radical (unpaired) electrons. The third-order valence-electron chi connectivity index (χ3n) is 3.57. The molecule has 0 atom stereocenters. The van der Waals surface area contributed by atoms with Crippen LogP contribution in [0.15, 0.2) is 34.8 Å². The second kappa shape index (κ2) is 7.06. The van der Waals surface area contributed by atoms with Crippen LogP contribution in [0.4, 0.5) is 11.5 Å². The van der Waals surface area contributed by atoms with E-state index in [-0.39, 0.29) is 5.91 Å². The van der Waals surface area contributed by atoms with E-state index in [1.807, 2.05) is 25.1 Å². The molecule has 6 nitrogen and oxygen atoms in total. The van der Waals surface area contributed by atoms with Crippen molar-refractivity contribution in [1.82, 2.24) is 15.1 Å². The summed E-state index contributed by atoms with van der Waals surface area (Å²) in [7, 11) is 0. The molecule has 0 saturated carbocycles. The largest absolute Gasteiger partial charge is 0.378 e. The maximum atomic E-state index is 12.3. The van der Waals surface area contributed by atoms with Gasteiger partial charge in [0.25, 0.3) is 5.91 Å². The molecule has 1 fully saturated rings. The molecule has 1 N–H and O–H groups in total. The van der Waals surface area contributed by atoms with Crippen LogP contribution in [0.3, 0.4) is 0 Å². The Morgan fingerprint density at radius 1 is 1.22 bits per heavy atom. The molecule has 0 bridgehead atoms. The Kier molecular flexibility index (Phi) is 4.88. The number of benzene rings is 1. The van der Waals surface area contributed by atoms with Crippen LogP contribution in [-0.4, -0.2) is 47.3 Å². The van der Waals surface area contributed by atoms with Gasteiger partial charge in [-0.05, 0) is 52.7 Å². The number of morpholine rings is 1. The van der Waals surface area contributed by atoms with Crippen molar-refractivity contribution in [1.29, 1.82) is 0 Å². The van der Waals surface area contributed by atoms with Crippen molar-refractivity contribution in [3.63, 3.8) is 0 Å². The van der Waals surface area contributed by atoms with Gasteiger partial charge in [0.2, 0.25) is 0 Å². The molecule has 120 valence electrons. The van der Waals surface area contributed by atoms with Crippen molar-refractivity contribution in [3.8, 4) is 0 Å². The van der Waals surface area contributed by atoms with Crippen molar-refractivity contribution in [2.24, 2.45) is 0 Å². The quantitative estimate of drug-likeness (QED) is 0.891. The van der Waals surface area contributed by atoms with Crippen LogP contribution in [0.1, 0.15) is 16.1 Å². The fraction of sp³-hybridized carbons (Fsp3) is 0.312. The zero-order valence-corrected chi connectivity index (χ0v) is 14.3. The standard InChI is InChI=1S/C16H17BrN4O2/c1-11-2-3-13(12(17)10-11)18-15-5-4-14(19-20-15)16(22)21-6-8-23-9-7-21/h2-5,10H,6-9H2,1H3,(H,18,20). The monoisotopic (exact) mass is 376 g/mol. The number of hydrogen-bond acceptors (Lipinski definition) is 5. The number of nitrogens with zero attached hydrogens (tertiary/aromatic N) is 3. The number of aromatic nitrogens is 2. The predicted octanol–water partition coefficient (Wildman–Crippen LogP) is 2.76. The predicted molar refractivity (Wildman–Crippen MR) is 90.9 cm³/mol. The maximum absolute atomic E-state index is 12.3. The van der Waals surface area contributed by atoms with Gasteiger partial charge in [-0.25, -0.2) is 0 Å². The molecule has 1 amide bonds. The molecule has 1 aromatic carbocycles. The average molecular weight is 377 g/mol. The van der Waals surface area contributed by atoms with E-state index in [1.54, 1.807) is 17.0 Å². The summed E-state index contributed by atoms with van der Waals surface area (Å²) in [5.74, 6) is 0.483. The van der Waals surface area contributed by atoms with E-state index in [1.165, 1.54) is 5.56 Å². The van der Waals surface area contributed by atoms with E-state index < -0.39 is 0 Å². The van der Waals surface area contributed by atoms with Gasteiger partial charge in [-0.15, -0.1) is 10.2 Å². The minimum atomic E-state index is -0.108. The summed E-state index contributed by atoms with van der Waals surface area (Å²) in [5.41, 5.74) is 2.41. The normalized spacial score (nSPS) is 14.6. The lowest BCUT2D eigenvalue weighted by molar-refractivity contribution is 0.0298. The number of aryl methyl sites for hydroxylation is 1. The van der Waals surface area contributed by atoms with E-state index in [0.717, 1.165) is 10.2 Å². The Morgan fingerprint density at radius 3 is 2.65 bits per heavy atom. The third-order valence-corrected chi connectivity index (χ3v) is 4.23. The molecule has 7 heteroatoms. The van der Waals surface area contributed by atoms with Gasteiger partial charge in [-0.1, -0.05) is 6.07 Å². The van der Waals surface area contributed by atoms with E-state index in [4.69, 9.17) is 4.74 Å². The number of rotatable bonds is 3. The lowest BCUT2D eigenvalue weighted by Gasteiger charge is -2.26. The van der Waals surface area contributed by atoms with Crippen molar-refractivity contribution in [2.45, 2.75) is 6.92 Å². The average Bonchev–Trinajstić information content (AvgIpc) is 2.58. The van der Waals surface area contributed by atoms with Gasteiger partial charge in [-0.3, -0.25) is 4.79 Å². The topological polar surface area (TPSA) is 67.4 Å². The number of carbonyl (C=O) groups excluding carboxylic acids is 1. The third kappa shape index (κ3) is 3.86. The maximum Gasteiger partial charge on any atom is 0.274 e. The highest BCUT2D eigenvalue weighted by Gasteiger charge is 2.19. The van der Waals surface area contributed by atoms with Crippen molar-refractivity contribution >= 4 is 33.3 Å². The summed E-state index contributed by atoms with van der Waals surface area (Å²) >= 11 is 3.51. The van der Waals surface area contributed by atoms with Crippen LogP contribution < -0.4 is 5.32 Å². The molecular formula is C16H17BrN4O2. The Morgan fingerprint density at radius 2 is 2.00 bits per heavy atom. The number of halogens is 1. The minimum absolute atomic E-state index is 0.108. The Labute approximate surface area is 143 Å². The fourth-order valence-corrected chi connectivity index (χ4v) is 2.89. The Bertz CT molecular complexity index is 700. The summed E-state index contributed by atoms with van der Waals surface area (Å²) in [4.78, 5) is 14.0. The molecule has 0 spiro atoms. The number of anilines is 2. The molecule has 23 heavy (non-hydrogen) atoms. The van der Waals surface area contributed by atoms with E-state index in [0.29, 0.717) is 37.8 Å². The van der Waals surface area contributed by atoms with Crippen molar-refractivity contribution in [2.75, 3.05) is 31.6 Å². The highest BCUT2D eigenvalue weighted by Crippen LogP contribution is 2.25. The number of amides is 1. The first kappa shape index (κ1) is 15.9. The van der Waals surface area contributed by atoms with Crippen LogP contribution in [0.2, 0.25) is 0 Å². The second-order valence-electron chi connectivity index (χ2n) is 5.32. The highest BCUT2D eigenvalue weighted by atomic mass is 79.9. The molecule has 0 unspecified atom stereocenters. The van der Waals surface area contributed by atoms with Gasteiger partial charge < -0.3 is 15.0 Å². The van der Waals surface area contributed by atoms with Crippen LogP contribution in [0, 0.1) is 6.92 Å². The Balaban J connectivity index is 1.70. The number of nitrogens with one attached hydrogen (secondary N) is 1. The first-order valence-electron chi connectivity index (χ1n) is 7.37. The zero-order valence-electron chi connectivity index (χ0n) is 12.8. The second-order valence-corrected chi connectivity index (χ2v) is 6.17. The highest BCUT2D eigenvalue weighted by molar-refractivity contribution is 9.10. The van der Waals surface area contributed by atoms with Gasteiger partial charge >= 0.3 is 0 Å². The van der Waals surface area contributed by atoms with E-state index in [9.17, 15) is 4.79 Å². The molecule has 2 aromatic rings. The molecule has 3 rings (SSSR count). The lowest BCUT2D eigenvalue weighted by atomic mass is 10.2. The first-order chi connectivity index (χ1) is 11.1. The number of hydrogen-bond donors (Lipinski definition) is 1. The molecule has 1 saturated heterocycles. The van der Waals surface area contributed by atoms with Gasteiger partial charge in [0.05, 0.1) is 18.9 Å². The molecule has 2 heterocycles. The van der Waals surface area contributed by atoms with Crippen molar-refractivity contribution < 1.29 is 9.53 Å². The smallest absolute Gasteiger partial charge is 0.274 e. The van der Waals surface area contributed by atoms with Crippen LogP contribution in [-0.2, 0) is 4.74 Å². The van der Waals surface area contributed by atoms with Crippen molar-refractivity contribution in [3.05, 3.63) is 46.1 Å². The molecule has 1 aliphatic rings. The molecule has 1 aromatic heterocycles. The van der Waals surface area contributed by atoms with Gasteiger partial charge in [0.15, 0.2) is 11.5 Å². The Hall–Kier alpha value is -1.99. The van der Waals surface area contributed by atoms with Gasteiger partial charge in [0, 0.05) is 17.6 Å². The SMILES string of the molecule is Cc1ccc(Nc2ccc(C(=O)N3CCOCC3)nn2)c(Br)c1. The summed E-state index contributed by atoms with van der Waals surface area (Å²) < 4.78 is 6.20.